The first-order chi connectivity index (χ1) is 8.46. The fourth-order valence-corrected chi connectivity index (χ4v) is 3.01. The number of nitrogens with one attached hydrogen (secondary N) is 1. The van der Waals surface area contributed by atoms with Crippen LogP contribution in [0.1, 0.15) is 31.2 Å². The van der Waals surface area contributed by atoms with E-state index in [9.17, 15) is 9.90 Å². The van der Waals surface area contributed by atoms with Crippen molar-refractivity contribution in [2.45, 2.75) is 31.9 Å². The Bertz CT molecular complexity index is 403. The highest BCUT2D eigenvalue weighted by molar-refractivity contribution is 7.10. The van der Waals surface area contributed by atoms with Crippen LogP contribution in [0.15, 0.2) is 17.5 Å². The number of likely N-dealkylation sites (tertiary alicyclic amines) is 1. The molecule has 0 aliphatic carbocycles. The van der Waals surface area contributed by atoms with Gasteiger partial charge < -0.3 is 10.4 Å². The molecule has 1 fully saturated rings. The van der Waals surface area contributed by atoms with E-state index in [1.165, 1.54) is 0 Å². The van der Waals surface area contributed by atoms with Crippen molar-refractivity contribution < 1.29 is 9.90 Å². The number of carbonyl (C=O) groups excluding carboxylic acids is 1. The molecule has 1 amide bonds. The molecule has 0 bridgehead atoms. The summed E-state index contributed by atoms with van der Waals surface area (Å²) in [5, 5.41) is 14.8. The lowest BCUT2D eigenvalue weighted by atomic mass is 10.1. The summed E-state index contributed by atoms with van der Waals surface area (Å²) >= 11 is 1.65. The quantitative estimate of drug-likeness (QED) is 0.867. The molecule has 0 aromatic carbocycles. The van der Waals surface area contributed by atoms with Crippen molar-refractivity contribution in [2.75, 3.05) is 19.6 Å². The maximum absolute atomic E-state index is 11.9. The Balaban J connectivity index is 1.79. The summed E-state index contributed by atoms with van der Waals surface area (Å²) in [6.45, 7) is 5.54. The number of amides is 1. The first kappa shape index (κ1) is 13.5. The zero-order chi connectivity index (χ0) is 13.2. The summed E-state index contributed by atoms with van der Waals surface area (Å²) in [5.74, 6) is 0.0219. The minimum atomic E-state index is -0.639. The van der Waals surface area contributed by atoms with Crippen LogP contribution >= 0.6 is 11.3 Å². The van der Waals surface area contributed by atoms with Gasteiger partial charge in [0.1, 0.15) is 0 Å². The first-order valence-electron chi connectivity index (χ1n) is 6.24. The van der Waals surface area contributed by atoms with E-state index in [1.54, 1.807) is 11.3 Å². The van der Waals surface area contributed by atoms with Crippen LogP contribution in [0.2, 0.25) is 0 Å². The molecular weight excluding hydrogens is 248 g/mol. The number of hydrogen-bond donors (Lipinski definition) is 2. The predicted octanol–water partition coefficient (Wildman–Crippen LogP) is 1.38. The second-order valence-electron chi connectivity index (χ2n) is 5.26. The molecule has 2 N–H and O–H groups in total. The van der Waals surface area contributed by atoms with Gasteiger partial charge in [-0.15, -0.1) is 11.3 Å². The van der Waals surface area contributed by atoms with Gasteiger partial charge in [0, 0.05) is 18.0 Å². The molecule has 1 aliphatic rings. The smallest absolute Gasteiger partial charge is 0.234 e. The Morgan fingerprint density at radius 3 is 3.06 bits per heavy atom. The van der Waals surface area contributed by atoms with Crippen molar-refractivity contribution >= 4 is 17.2 Å². The monoisotopic (exact) mass is 268 g/mol. The summed E-state index contributed by atoms with van der Waals surface area (Å²) in [5.41, 5.74) is -0.639. The summed E-state index contributed by atoms with van der Waals surface area (Å²) < 4.78 is 0. The molecule has 0 spiro atoms. The Kier molecular flexibility index (Phi) is 4.04. The Morgan fingerprint density at radius 1 is 1.72 bits per heavy atom. The Morgan fingerprint density at radius 2 is 2.50 bits per heavy atom. The van der Waals surface area contributed by atoms with E-state index in [4.69, 9.17) is 0 Å². The molecule has 0 radical (unpaired) electrons. The van der Waals surface area contributed by atoms with E-state index in [0.717, 1.165) is 17.8 Å². The third-order valence-electron chi connectivity index (χ3n) is 3.25. The van der Waals surface area contributed by atoms with Crippen LogP contribution in [0, 0.1) is 0 Å². The van der Waals surface area contributed by atoms with E-state index < -0.39 is 5.60 Å². The molecule has 1 aromatic heterocycles. The summed E-state index contributed by atoms with van der Waals surface area (Å²) in [4.78, 5) is 15.0. The van der Waals surface area contributed by atoms with Crippen LogP contribution in [0.5, 0.6) is 0 Å². The van der Waals surface area contributed by atoms with Crippen molar-refractivity contribution in [1.29, 1.82) is 0 Å². The number of aliphatic hydroxyl groups is 1. The van der Waals surface area contributed by atoms with Gasteiger partial charge >= 0.3 is 0 Å². The van der Waals surface area contributed by atoms with Crippen molar-refractivity contribution in [3.63, 3.8) is 0 Å². The number of β-amino-alcohol motifs (C(OH)–C–C–N with tert-alkyl or cyclic N) is 1. The molecule has 5 heteroatoms. The van der Waals surface area contributed by atoms with Crippen LogP contribution in [0.3, 0.4) is 0 Å². The van der Waals surface area contributed by atoms with Gasteiger partial charge in [-0.1, -0.05) is 6.07 Å². The van der Waals surface area contributed by atoms with Gasteiger partial charge in [0.25, 0.3) is 0 Å². The molecule has 2 heterocycles. The van der Waals surface area contributed by atoms with Gasteiger partial charge in [0.2, 0.25) is 5.91 Å². The average molecular weight is 268 g/mol. The van der Waals surface area contributed by atoms with Crippen molar-refractivity contribution in [3.05, 3.63) is 22.4 Å². The molecule has 2 unspecified atom stereocenters. The van der Waals surface area contributed by atoms with Crippen LogP contribution in [-0.4, -0.2) is 41.1 Å². The SMILES string of the molecule is CC(NC(=O)CN1CCC(C)(O)C1)c1cccs1. The van der Waals surface area contributed by atoms with E-state index in [0.29, 0.717) is 13.1 Å². The van der Waals surface area contributed by atoms with Gasteiger partial charge in [-0.25, -0.2) is 0 Å². The zero-order valence-corrected chi connectivity index (χ0v) is 11.7. The van der Waals surface area contributed by atoms with E-state index >= 15 is 0 Å². The molecular formula is C13H20N2O2S. The standard InChI is InChI=1S/C13H20N2O2S/c1-10(11-4-3-7-18-11)14-12(16)8-15-6-5-13(2,17)9-15/h3-4,7,10,17H,5-6,8-9H2,1-2H3,(H,14,16). The molecule has 1 aromatic rings. The van der Waals surface area contributed by atoms with Gasteiger partial charge in [-0.05, 0) is 31.7 Å². The van der Waals surface area contributed by atoms with Crippen molar-refractivity contribution in [3.8, 4) is 0 Å². The maximum Gasteiger partial charge on any atom is 0.234 e. The van der Waals surface area contributed by atoms with E-state index in [1.807, 2.05) is 36.3 Å². The third kappa shape index (κ3) is 3.54. The number of hydrogen-bond acceptors (Lipinski definition) is 4. The molecule has 1 saturated heterocycles. The third-order valence-corrected chi connectivity index (χ3v) is 4.30. The van der Waals surface area contributed by atoms with Crippen molar-refractivity contribution in [1.82, 2.24) is 10.2 Å². The van der Waals surface area contributed by atoms with Crippen LogP contribution in [0.4, 0.5) is 0 Å². The minimum absolute atomic E-state index is 0.0219. The summed E-state index contributed by atoms with van der Waals surface area (Å²) in [7, 11) is 0. The largest absolute Gasteiger partial charge is 0.389 e. The van der Waals surface area contributed by atoms with Gasteiger partial charge in [0.15, 0.2) is 0 Å². The van der Waals surface area contributed by atoms with Gasteiger partial charge in [0.05, 0.1) is 18.2 Å². The lowest BCUT2D eigenvalue weighted by Gasteiger charge is -2.19. The van der Waals surface area contributed by atoms with Crippen molar-refractivity contribution in [2.24, 2.45) is 0 Å². The molecule has 4 nitrogen and oxygen atoms in total. The fraction of sp³-hybridized carbons (Fsp3) is 0.615. The number of thiophene rings is 1. The number of rotatable bonds is 4. The van der Waals surface area contributed by atoms with Gasteiger partial charge in [-0.3, -0.25) is 9.69 Å². The fourth-order valence-electron chi connectivity index (χ4n) is 2.27. The highest BCUT2D eigenvalue weighted by Gasteiger charge is 2.32. The minimum Gasteiger partial charge on any atom is -0.389 e. The van der Waals surface area contributed by atoms with Crippen LogP contribution in [-0.2, 0) is 4.79 Å². The van der Waals surface area contributed by atoms with E-state index in [2.05, 4.69) is 5.32 Å². The highest BCUT2D eigenvalue weighted by atomic mass is 32.1. The van der Waals surface area contributed by atoms with Gasteiger partial charge in [-0.2, -0.15) is 0 Å². The molecule has 0 saturated carbocycles. The highest BCUT2D eigenvalue weighted by Crippen LogP contribution is 2.20. The Labute approximate surface area is 112 Å². The Hall–Kier alpha value is -0.910. The van der Waals surface area contributed by atoms with E-state index in [-0.39, 0.29) is 11.9 Å². The molecule has 2 rings (SSSR count). The number of nitrogens with zero attached hydrogens (tertiary/aromatic N) is 1. The summed E-state index contributed by atoms with van der Waals surface area (Å²) in [6, 6.07) is 4.07. The average Bonchev–Trinajstić information content (AvgIpc) is 2.87. The van der Waals surface area contributed by atoms with Crippen LogP contribution < -0.4 is 5.32 Å². The second-order valence-corrected chi connectivity index (χ2v) is 6.24. The normalized spacial score (nSPS) is 26.2. The molecule has 18 heavy (non-hydrogen) atoms. The first-order valence-corrected chi connectivity index (χ1v) is 7.12. The lowest BCUT2D eigenvalue weighted by molar-refractivity contribution is -0.122. The summed E-state index contributed by atoms with van der Waals surface area (Å²) in [6.07, 6.45) is 0.737. The topological polar surface area (TPSA) is 52.6 Å². The number of carbonyl (C=O) groups is 1. The maximum atomic E-state index is 11.9. The van der Waals surface area contributed by atoms with Crippen LogP contribution in [0.25, 0.3) is 0 Å². The molecule has 100 valence electrons. The second kappa shape index (κ2) is 5.38. The predicted molar refractivity (Wildman–Crippen MR) is 72.6 cm³/mol. The zero-order valence-electron chi connectivity index (χ0n) is 10.8. The molecule has 1 aliphatic heterocycles. The molecule has 2 atom stereocenters. The lowest BCUT2D eigenvalue weighted by Crippen LogP contribution is -2.38.